The molecule has 0 radical (unpaired) electrons. The maximum absolute atomic E-state index is 3.61. The van der Waals surface area contributed by atoms with Crippen molar-refractivity contribution in [3.63, 3.8) is 0 Å². The molecule has 1 heterocycles. The second kappa shape index (κ2) is 6.12. The van der Waals surface area contributed by atoms with E-state index in [4.69, 9.17) is 0 Å². The van der Waals surface area contributed by atoms with Gasteiger partial charge in [0.25, 0.3) is 0 Å². The van der Waals surface area contributed by atoms with Crippen molar-refractivity contribution in [2.75, 3.05) is 16.8 Å². The van der Waals surface area contributed by atoms with Gasteiger partial charge in [0.2, 0.25) is 0 Å². The van der Waals surface area contributed by atoms with E-state index in [0.717, 1.165) is 19.1 Å². The summed E-state index contributed by atoms with van der Waals surface area (Å²) >= 11 is 12.7. The number of hydrogen-bond donors (Lipinski definition) is 1. The molecular weight excluding hydrogens is 418 g/mol. The molecular formula is C11H12Br3NS. The Bertz CT molecular complexity index is 354. The first kappa shape index (κ1) is 13.2. The molecule has 5 heteroatoms. The maximum atomic E-state index is 3.61. The lowest BCUT2D eigenvalue weighted by Crippen LogP contribution is -2.26. The average molecular weight is 430 g/mol. The standard InChI is InChI=1S/C11H12Br3NS/c12-7-4-9(13)11(10(14)5-7)15-8-2-1-3-16-6-8/h4-5,8,15H,1-3,6H2. The number of hydrogen-bond acceptors (Lipinski definition) is 2. The van der Waals surface area contributed by atoms with E-state index >= 15 is 0 Å². The topological polar surface area (TPSA) is 12.0 Å². The second-order valence-electron chi connectivity index (χ2n) is 3.80. The Kier molecular flexibility index (Phi) is 5.06. The molecule has 0 saturated carbocycles. The molecule has 1 N–H and O–H groups in total. The highest BCUT2D eigenvalue weighted by Crippen LogP contribution is 2.35. The summed E-state index contributed by atoms with van der Waals surface area (Å²) in [5, 5.41) is 3.61. The molecule has 0 bridgehead atoms. The lowest BCUT2D eigenvalue weighted by molar-refractivity contribution is 0.684. The molecule has 0 amide bonds. The van der Waals surface area contributed by atoms with Gasteiger partial charge in [-0.3, -0.25) is 0 Å². The fourth-order valence-electron chi connectivity index (χ4n) is 1.74. The van der Waals surface area contributed by atoms with E-state index < -0.39 is 0 Å². The molecule has 1 atom stereocenters. The number of anilines is 1. The minimum absolute atomic E-state index is 0.590. The number of halogens is 3. The monoisotopic (exact) mass is 427 g/mol. The van der Waals surface area contributed by atoms with Gasteiger partial charge in [0.15, 0.2) is 0 Å². The smallest absolute Gasteiger partial charge is 0.0632 e. The fourth-order valence-corrected chi connectivity index (χ4v) is 5.30. The Morgan fingerprint density at radius 1 is 1.19 bits per heavy atom. The Balaban J connectivity index is 2.14. The summed E-state index contributed by atoms with van der Waals surface area (Å²) in [6.07, 6.45) is 2.58. The second-order valence-corrected chi connectivity index (χ2v) is 7.58. The van der Waals surface area contributed by atoms with Gasteiger partial charge in [-0.05, 0) is 62.6 Å². The van der Waals surface area contributed by atoms with Gasteiger partial charge in [0, 0.05) is 25.2 Å². The molecule has 1 saturated heterocycles. The highest BCUT2D eigenvalue weighted by molar-refractivity contribution is 9.11. The van der Waals surface area contributed by atoms with Gasteiger partial charge in [0.05, 0.1) is 5.69 Å². The highest BCUT2D eigenvalue weighted by Gasteiger charge is 2.16. The van der Waals surface area contributed by atoms with Crippen molar-refractivity contribution in [1.29, 1.82) is 0 Å². The third-order valence-corrected chi connectivity index (χ3v) is 5.44. The van der Waals surface area contributed by atoms with Gasteiger partial charge in [-0.2, -0.15) is 11.8 Å². The van der Waals surface area contributed by atoms with Crippen molar-refractivity contribution in [3.05, 3.63) is 25.6 Å². The van der Waals surface area contributed by atoms with Crippen LogP contribution in [0.15, 0.2) is 25.6 Å². The van der Waals surface area contributed by atoms with Crippen molar-refractivity contribution >= 4 is 65.2 Å². The van der Waals surface area contributed by atoms with Crippen molar-refractivity contribution < 1.29 is 0 Å². The molecule has 1 aromatic carbocycles. The van der Waals surface area contributed by atoms with Crippen molar-refractivity contribution in [3.8, 4) is 0 Å². The lowest BCUT2D eigenvalue weighted by atomic mass is 10.2. The van der Waals surface area contributed by atoms with Crippen LogP contribution in [0.25, 0.3) is 0 Å². The average Bonchev–Trinajstić information content (AvgIpc) is 2.25. The van der Waals surface area contributed by atoms with E-state index in [0.29, 0.717) is 6.04 Å². The number of benzene rings is 1. The number of nitrogens with one attached hydrogen (secondary N) is 1. The first-order chi connectivity index (χ1) is 7.66. The molecule has 16 heavy (non-hydrogen) atoms. The quantitative estimate of drug-likeness (QED) is 0.686. The maximum Gasteiger partial charge on any atom is 0.0632 e. The van der Waals surface area contributed by atoms with Crippen LogP contribution < -0.4 is 5.32 Å². The third kappa shape index (κ3) is 3.40. The zero-order valence-corrected chi connectivity index (χ0v) is 14.2. The third-order valence-electron chi connectivity index (χ3n) is 2.52. The molecule has 1 nitrogen and oxygen atoms in total. The summed E-state index contributed by atoms with van der Waals surface area (Å²) in [7, 11) is 0. The van der Waals surface area contributed by atoms with Crippen LogP contribution in [0.3, 0.4) is 0 Å². The minimum Gasteiger partial charge on any atom is -0.380 e. The summed E-state index contributed by atoms with van der Waals surface area (Å²) in [5.41, 5.74) is 1.16. The molecule has 1 unspecified atom stereocenters. The van der Waals surface area contributed by atoms with Gasteiger partial charge in [0.1, 0.15) is 0 Å². The Hall–Kier alpha value is 0.810. The summed E-state index contributed by atoms with van der Waals surface area (Å²) in [6.45, 7) is 0. The molecule has 1 aliphatic heterocycles. The Labute approximate surface area is 126 Å². The van der Waals surface area contributed by atoms with Crippen LogP contribution in [0.5, 0.6) is 0 Å². The van der Waals surface area contributed by atoms with Crippen molar-refractivity contribution in [2.45, 2.75) is 18.9 Å². The van der Waals surface area contributed by atoms with E-state index in [-0.39, 0.29) is 0 Å². The molecule has 0 aliphatic carbocycles. The van der Waals surface area contributed by atoms with E-state index in [9.17, 15) is 0 Å². The first-order valence-corrected chi connectivity index (χ1v) is 8.69. The molecule has 0 spiro atoms. The van der Waals surface area contributed by atoms with E-state index in [1.165, 1.54) is 24.3 Å². The van der Waals surface area contributed by atoms with Gasteiger partial charge >= 0.3 is 0 Å². The molecule has 1 aliphatic rings. The predicted octanol–water partition coefficient (Wildman–Crippen LogP) is 5.28. The van der Waals surface area contributed by atoms with Crippen LogP contribution in [-0.4, -0.2) is 17.5 Å². The van der Waals surface area contributed by atoms with E-state index in [1.807, 2.05) is 11.8 Å². The van der Waals surface area contributed by atoms with Crippen LogP contribution in [0.1, 0.15) is 12.8 Å². The molecule has 88 valence electrons. The van der Waals surface area contributed by atoms with Gasteiger partial charge < -0.3 is 5.32 Å². The van der Waals surface area contributed by atoms with Crippen molar-refractivity contribution in [2.24, 2.45) is 0 Å². The number of rotatable bonds is 2. The van der Waals surface area contributed by atoms with Gasteiger partial charge in [-0.15, -0.1) is 0 Å². The predicted molar refractivity (Wildman–Crippen MR) is 83.5 cm³/mol. The SMILES string of the molecule is Brc1cc(Br)c(NC2CCCSC2)c(Br)c1. The lowest BCUT2D eigenvalue weighted by Gasteiger charge is -2.24. The van der Waals surface area contributed by atoms with Crippen LogP contribution in [0.2, 0.25) is 0 Å². The molecule has 0 aromatic heterocycles. The summed E-state index contributed by atoms with van der Waals surface area (Å²) in [4.78, 5) is 0. The van der Waals surface area contributed by atoms with Crippen molar-refractivity contribution in [1.82, 2.24) is 0 Å². The molecule has 1 fully saturated rings. The largest absolute Gasteiger partial charge is 0.380 e. The van der Waals surface area contributed by atoms with Crippen LogP contribution in [0.4, 0.5) is 5.69 Å². The van der Waals surface area contributed by atoms with Crippen LogP contribution >= 0.6 is 59.6 Å². The van der Waals surface area contributed by atoms with E-state index in [1.54, 1.807) is 0 Å². The fraction of sp³-hybridized carbons (Fsp3) is 0.455. The zero-order chi connectivity index (χ0) is 11.5. The molecule has 2 rings (SSSR count). The van der Waals surface area contributed by atoms with E-state index in [2.05, 4.69) is 65.2 Å². The van der Waals surface area contributed by atoms with Gasteiger partial charge in [-0.1, -0.05) is 15.9 Å². The highest BCUT2D eigenvalue weighted by atomic mass is 79.9. The first-order valence-electron chi connectivity index (χ1n) is 5.15. The van der Waals surface area contributed by atoms with Gasteiger partial charge in [-0.25, -0.2) is 0 Å². The van der Waals surface area contributed by atoms with Crippen LogP contribution in [-0.2, 0) is 0 Å². The molecule has 1 aromatic rings. The number of thioether (sulfide) groups is 1. The summed E-state index contributed by atoms with van der Waals surface area (Å²) in [5.74, 6) is 2.51. The minimum atomic E-state index is 0.590. The Morgan fingerprint density at radius 3 is 2.44 bits per heavy atom. The Morgan fingerprint density at radius 2 is 1.88 bits per heavy atom. The summed E-state index contributed by atoms with van der Waals surface area (Å²) < 4.78 is 3.28. The zero-order valence-electron chi connectivity index (χ0n) is 8.60. The van der Waals surface area contributed by atoms with Crippen LogP contribution in [0, 0.1) is 0 Å². The summed E-state index contributed by atoms with van der Waals surface area (Å²) in [6, 6.07) is 4.74. The normalized spacial score (nSPS) is 20.8.